The average molecular weight is 323 g/mol. The van der Waals surface area contributed by atoms with Gasteiger partial charge in [-0.1, -0.05) is 46.7 Å². The lowest BCUT2D eigenvalue weighted by atomic mass is 10.1. The fourth-order valence-corrected chi connectivity index (χ4v) is 3.31. The van der Waals surface area contributed by atoms with Crippen LogP contribution < -0.4 is 5.32 Å². The second kappa shape index (κ2) is 5.60. The lowest BCUT2D eigenvalue weighted by molar-refractivity contribution is 0.883. The van der Waals surface area contributed by atoms with Gasteiger partial charge < -0.3 is 5.32 Å². The van der Waals surface area contributed by atoms with Gasteiger partial charge in [0, 0.05) is 10.0 Å². The van der Waals surface area contributed by atoms with Gasteiger partial charge in [0.15, 0.2) is 5.13 Å². The van der Waals surface area contributed by atoms with E-state index in [1.54, 1.807) is 11.3 Å². The summed E-state index contributed by atoms with van der Waals surface area (Å²) in [5.41, 5.74) is 2.05. The van der Waals surface area contributed by atoms with Crippen molar-refractivity contribution in [1.82, 2.24) is 4.98 Å². The predicted molar refractivity (Wildman–Crippen MR) is 88.1 cm³/mol. The minimum atomic E-state index is 0.143. The standard InChI is InChI=1S/C15H12Cl2N2S/c1-9(10-3-2-4-11(16)7-10)18-15-19-13-8-12(17)5-6-14(13)20-15/h2-9H,1H3,(H,18,19). The molecule has 0 bridgehead atoms. The van der Waals surface area contributed by atoms with E-state index in [1.165, 1.54) is 0 Å². The number of thiazole rings is 1. The third kappa shape index (κ3) is 2.90. The Morgan fingerprint density at radius 2 is 1.90 bits per heavy atom. The van der Waals surface area contributed by atoms with Crippen LogP contribution in [-0.2, 0) is 0 Å². The molecule has 0 aliphatic heterocycles. The van der Waals surface area contributed by atoms with Gasteiger partial charge in [-0.05, 0) is 42.8 Å². The van der Waals surface area contributed by atoms with Crippen molar-refractivity contribution in [2.75, 3.05) is 5.32 Å². The molecule has 0 spiro atoms. The van der Waals surface area contributed by atoms with Crippen LogP contribution in [0, 0.1) is 0 Å². The molecule has 0 saturated heterocycles. The molecule has 1 unspecified atom stereocenters. The van der Waals surface area contributed by atoms with Crippen LogP contribution >= 0.6 is 34.5 Å². The highest BCUT2D eigenvalue weighted by molar-refractivity contribution is 7.22. The molecular weight excluding hydrogens is 311 g/mol. The van der Waals surface area contributed by atoms with E-state index in [4.69, 9.17) is 23.2 Å². The van der Waals surface area contributed by atoms with Crippen LogP contribution in [-0.4, -0.2) is 4.98 Å². The Kier molecular flexibility index (Phi) is 3.83. The minimum absolute atomic E-state index is 0.143. The molecule has 0 amide bonds. The van der Waals surface area contributed by atoms with E-state index in [0.29, 0.717) is 5.02 Å². The summed E-state index contributed by atoms with van der Waals surface area (Å²) >= 11 is 13.6. The smallest absolute Gasteiger partial charge is 0.184 e. The maximum Gasteiger partial charge on any atom is 0.184 e. The number of halogens is 2. The molecule has 1 aromatic heterocycles. The quantitative estimate of drug-likeness (QED) is 0.661. The summed E-state index contributed by atoms with van der Waals surface area (Å²) in [4.78, 5) is 4.55. The van der Waals surface area contributed by atoms with Crippen LogP contribution in [0.3, 0.4) is 0 Å². The van der Waals surface area contributed by atoms with E-state index in [0.717, 1.165) is 25.9 Å². The van der Waals surface area contributed by atoms with Gasteiger partial charge in [-0.3, -0.25) is 0 Å². The summed E-state index contributed by atoms with van der Waals surface area (Å²) in [5, 5.41) is 5.73. The Morgan fingerprint density at radius 1 is 1.10 bits per heavy atom. The second-order valence-electron chi connectivity index (χ2n) is 4.55. The lowest BCUT2D eigenvalue weighted by Crippen LogP contribution is -2.05. The summed E-state index contributed by atoms with van der Waals surface area (Å²) < 4.78 is 1.12. The molecule has 0 aliphatic carbocycles. The number of nitrogens with one attached hydrogen (secondary N) is 1. The van der Waals surface area contributed by atoms with E-state index in [1.807, 2.05) is 42.5 Å². The van der Waals surface area contributed by atoms with Gasteiger partial charge in [0.1, 0.15) is 0 Å². The lowest BCUT2D eigenvalue weighted by Gasteiger charge is -2.13. The third-order valence-corrected chi connectivity index (χ3v) is 4.48. The average Bonchev–Trinajstić information content (AvgIpc) is 2.80. The van der Waals surface area contributed by atoms with E-state index in [2.05, 4.69) is 17.2 Å². The van der Waals surface area contributed by atoms with Crippen LogP contribution in [0.2, 0.25) is 10.0 Å². The number of rotatable bonds is 3. The van der Waals surface area contributed by atoms with Crippen molar-refractivity contribution in [2.24, 2.45) is 0 Å². The number of aromatic nitrogens is 1. The molecule has 20 heavy (non-hydrogen) atoms. The van der Waals surface area contributed by atoms with Gasteiger partial charge in [0.25, 0.3) is 0 Å². The molecule has 1 atom stereocenters. The fraction of sp³-hybridized carbons (Fsp3) is 0.133. The minimum Gasteiger partial charge on any atom is -0.355 e. The largest absolute Gasteiger partial charge is 0.355 e. The Balaban J connectivity index is 1.85. The zero-order valence-corrected chi connectivity index (χ0v) is 13.1. The number of hydrogen-bond donors (Lipinski definition) is 1. The van der Waals surface area contributed by atoms with E-state index in [-0.39, 0.29) is 6.04 Å². The Hall–Kier alpha value is -1.29. The highest BCUT2D eigenvalue weighted by Gasteiger charge is 2.09. The molecule has 0 fully saturated rings. The van der Waals surface area contributed by atoms with Crippen molar-refractivity contribution in [3.63, 3.8) is 0 Å². The number of fused-ring (bicyclic) bond motifs is 1. The molecular formula is C15H12Cl2N2S. The number of nitrogens with zero attached hydrogens (tertiary/aromatic N) is 1. The van der Waals surface area contributed by atoms with Crippen LogP contribution in [0.25, 0.3) is 10.2 Å². The summed E-state index contributed by atoms with van der Waals surface area (Å²) in [6.45, 7) is 2.09. The van der Waals surface area contributed by atoms with Crippen LogP contribution in [0.15, 0.2) is 42.5 Å². The number of anilines is 1. The topological polar surface area (TPSA) is 24.9 Å². The van der Waals surface area contributed by atoms with Gasteiger partial charge in [-0.15, -0.1) is 0 Å². The van der Waals surface area contributed by atoms with Crippen molar-refractivity contribution in [2.45, 2.75) is 13.0 Å². The first kappa shape index (κ1) is 13.7. The third-order valence-electron chi connectivity index (χ3n) is 3.04. The molecule has 1 heterocycles. The predicted octanol–water partition coefficient (Wildman–Crippen LogP) is 5.78. The summed E-state index contributed by atoms with van der Waals surface area (Å²) in [7, 11) is 0. The van der Waals surface area contributed by atoms with E-state index < -0.39 is 0 Å². The van der Waals surface area contributed by atoms with E-state index >= 15 is 0 Å². The van der Waals surface area contributed by atoms with Crippen molar-refractivity contribution in [3.05, 3.63) is 58.1 Å². The molecule has 3 rings (SSSR count). The molecule has 2 nitrogen and oxygen atoms in total. The summed E-state index contributed by atoms with van der Waals surface area (Å²) in [6, 6.07) is 13.7. The molecule has 3 aromatic rings. The Bertz CT molecular complexity index is 754. The van der Waals surface area contributed by atoms with Gasteiger partial charge in [0.05, 0.1) is 16.3 Å². The second-order valence-corrected chi connectivity index (χ2v) is 6.46. The highest BCUT2D eigenvalue weighted by atomic mass is 35.5. The Labute approximate surface area is 131 Å². The van der Waals surface area contributed by atoms with Gasteiger partial charge in [-0.25, -0.2) is 4.98 Å². The zero-order valence-electron chi connectivity index (χ0n) is 10.7. The van der Waals surface area contributed by atoms with Crippen molar-refractivity contribution in [1.29, 1.82) is 0 Å². The SMILES string of the molecule is CC(Nc1nc2cc(Cl)ccc2s1)c1cccc(Cl)c1. The maximum atomic E-state index is 6.02. The molecule has 0 aliphatic rings. The molecule has 102 valence electrons. The molecule has 0 saturated carbocycles. The monoisotopic (exact) mass is 322 g/mol. The Morgan fingerprint density at radius 3 is 2.70 bits per heavy atom. The highest BCUT2D eigenvalue weighted by Crippen LogP contribution is 2.30. The van der Waals surface area contributed by atoms with Crippen LogP contribution in [0.1, 0.15) is 18.5 Å². The number of benzene rings is 2. The molecule has 2 aromatic carbocycles. The summed E-state index contributed by atoms with van der Waals surface area (Å²) in [5.74, 6) is 0. The molecule has 0 radical (unpaired) electrons. The van der Waals surface area contributed by atoms with Gasteiger partial charge in [-0.2, -0.15) is 0 Å². The molecule has 5 heteroatoms. The van der Waals surface area contributed by atoms with Crippen LogP contribution in [0.5, 0.6) is 0 Å². The zero-order chi connectivity index (χ0) is 14.1. The maximum absolute atomic E-state index is 6.02. The van der Waals surface area contributed by atoms with Crippen molar-refractivity contribution < 1.29 is 0 Å². The van der Waals surface area contributed by atoms with Crippen molar-refractivity contribution >= 4 is 49.9 Å². The molecule has 1 N–H and O–H groups in total. The normalized spacial score (nSPS) is 12.6. The first-order valence-corrected chi connectivity index (χ1v) is 7.77. The number of hydrogen-bond acceptors (Lipinski definition) is 3. The van der Waals surface area contributed by atoms with Crippen molar-refractivity contribution in [3.8, 4) is 0 Å². The van der Waals surface area contributed by atoms with E-state index in [9.17, 15) is 0 Å². The van der Waals surface area contributed by atoms with Gasteiger partial charge in [0.2, 0.25) is 0 Å². The first-order valence-electron chi connectivity index (χ1n) is 6.20. The fourth-order valence-electron chi connectivity index (χ4n) is 2.01. The van der Waals surface area contributed by atoms with Crippen LogP contribution in [0.4, 0.5) is 5.13 Å². The summed E-state index contributed by atoms with van der Waals surface area (Å²) in [6.07, 6.45) is 0. The first-order chi connectivity index (χ1) is 9.61. The van der Waals surface area contributed by atoms with Gasteiger partial charge >= 0.3 is 0 Å².